The molecule has 2 aromatic carbocycles. The van der Waals surface area contributed by atoms with Gasteiger partial charge in [-0.2, -0.15) is 10.2 Å². The first-order chi connectivity index (χ1) is 31.9. The maximum atomic E-state index is 15.0. The number of ketones is 1. The molecular weight excluding hydrogens is 850 g/mol. The number of halogens is 1. The van der Waals surface area contributed by atoms with Crippen LogP contribution in [-0.4, -0.2) is 92.2 Å². The van der Waals surface area contributed by atoms with E-state index in [9.17, 15) is 23.9 Å². The van der Waals surface area contributed by atoms with Crippen LogP contribution in [0, 0.1) is 33.6 Å². The Balaban J connectivity index is 0.000000196. The summed E-state index contributed by atoms with van der Waals surface area (Å²) in [5.41, 5.74) is 12.8. The molecule has 2 atom stereocenters. The van der Waals surface area contributed by atoms with Crippen molar-refractivity contribution < 1.29 is 28.6 Å². The van der Waals surface area contributed by atoms with Crippen LogP contribution in [0.2, 0.25) is 0 Å². The van der Waals surface area contributed by atoms with Crippen molar-refractivity contribution in [2.24, 2.45) is 20.0 Å². The molecule has 0 bridgehead atoms. The lowest BCUT2D eigenvalue weighted by molar-refractivity contribution is 0.0280. The Morgan fingerprint density at radius 1 is 0.687 bits per heavy atom. The lowest BCUT2D eigenvalue weighted by Gasteiger charge is -2.24. The van der Waals surface area contributed by atoms with Crippen LogP contribution in [0.1, 0.15) is 70.4 Å². The fourth-order valence-corrected chi connectivity index (χ4v) is 9.22. The Hall–Kier alpha value is -7.68. The topological polar surface area (TPSA) is 171 Å². The van der Waals surface area contributed by atoms with Crippen molar-refractivity contribution in [1.29, 1.82) is 0 Å². The van der Waals surface area contributed by atoms with E-state index in [2.05, 4.69) is 32.1 Å². The van der Waals surface area contributed by atoms with Crippen LogP contribution < -0.4 is 0 Å². The van der Waals surface area contributed by atoms with E-state index in [4.69, 9.17) is 9.72 Å². The number of ether oxygens (including phenoxy) is 1. The Morgan fingerprint density at radius 3 is 1.58 bits per heavy atom. The van der Waals surface area contributed by atoms with E-state index in [-0.39, 0.29) is 36.7 Å². The normalized spacial score (nSPS) is 14.9. The second kappa shape index (κ2) is 18.3. The van der Waals surface area contributed by atoms with Crippen LogP contribution in [0.5, 0.6) is 0 Å². The molecule has 0 aliphatic carbocycles. The predicted octanol–water partition coefficient (Wildman–Crippen LogP) is 10.1. The third-order valence-corrected chi connectivity index (χ3v) is 12.2. The molecule has 1 N–H and O–H groups in total. The third kappa shape index (κ3) is 9.26. The number of aryl methyl sites for hydroxylation is 6. The molecule has 1 fully saturated rings. The van der Waals surface area contributed by atoms with E-state index in [1.807, 2.05) is 83.4 Å². The highest BCUT2D eigenvalue weighted by Gasteiger charge is 2.39. The number of nitrogens with zero attached hydrogens (tertiary/aromatic N) is 9. The third-order valence-electron chi connectivity index (χ3n) is 12.2. The molecule has 0 spiro atoms. The maximum Gasteiger partial charge on any atom is 0.410 e. The van der Waals surface area contributed by atoms with E-state index in [1.54, 1.807) is 79.4 Å². The van der Waals surface area contributed by atoms with Gasteiger partial charge < -0.3 is 14.7 Å². The number of aromatic carboxylic acids is 1. The van der Waals surface area contributed by atoms with Gasteiger partial charge in [0.2, 0.25) is 0 Å². The summed E-state index contributed by atoms with van der Waals surface area (Å²) in [5, 5.41) is 20.0. The molecule has 6 aromatic heterocycles. The molecule has 0 unspecified atom stereocenters. The number of pyridine rings is 4. The quantitative estimate of drug-likeness (QED) is 0.144. The number of carboxylic acids is 1. The zero-order valence-corrected chi connectivity index (χ0v) is 39.0. The molecule has 14 nitrogen and oxygen atoms in total. The number of carbonyl (C=O) groups is 3. The number of hydrogen-bond donors (Lipinski definition) is 1. The van der Waals surface area contributed by atoms with Crippen LogP contribution in [0.25, 0.3) is 66.6 Å². The van der Waals surface area contributed by atoms with Gasteiger partial charge in [0.15, 0.2) is 5.78 Å². The summed E-state index contributed by atoms with van der Waals surface area (Å²) in [5.74, 6) is -1.94. The Kier molecular flexibility index (Phi) is 12.5. The van der Waals surface area contributed by atoms with Crippen LogP contribution in [-0.2, 0) is 18.8 Å². The molecule has 1 aliphatic heterocycles. The van der Waals surface area contributed by atoms with Gasteiger partial charge in [0, 0.05) is 92.1 Å². The molecule has 1 aliphatic rings. The number of likely N-dealkylation sites (tertiary alicyclic amines) is 1. The van der Waals surface area contributed by atoms with Crippen LogP contribution in [0.15, 0.2) is 97.8 Å². The second-order valence-corrected chi connectivity index (χ2v) is 18.0. The molecule has 1 saturated heterocycles. The van der Waals surface area contributed by atoms with E-state index >= 15 is 0 Å². The number of rotatable bonds is 8. The zero-order valence-electron chi connectivity index (χ0n) is 39.0. The summed E-state index contributed by atoms with van der Waals surface area (Å²) in [6.07, 6.45) is 8.56. The van der Waals surface area contributed by atoms with Gasteiger partial charge in [0.1, 0.15) is 23.2 Å². The fraction of sp³-hybridized carbons (Fsp3) is 0.288. The molecule has 0 radical (unpaired) electrons. The minimum absolute atomic E-state index is 0.0224. The number of carbonyl (C=O) groups excluding carboxylic acids is 2. The van der Waals surface area contributed by atoms with E-state index < -0.39 is 29.8 Å². The number of aromatic nitrogens is 8. The van der Waals surface area contributed by atoms with Crippen molar-refractivity contribution in [1.82, 2.24) is 44.4 Å². The minimum Gasteiger partial charge on any atom is -0.477 e. The van der Waals surface area contributed by atoms with E-state index in [0.29, 0.717) is 11.0 Å². The van der Waals surface area contributed by atoms with Gasteiger partial charge in [-0.25, -0.2) is 23.9 Å². The highest BCUT2D eigenvalue weighted by molar-refractivity contribution is 6.06. The summed E-state index contributed by atoms with van der Waals surface area (Å²) < 4.78 is 23.9. The van der Waals surface area contributed by atoms with Crippen LogP contribution in [0.3, 0.4) is 0 Å². The summed E-state index contributed by atoms with van der Waals surface area (Å²) in [4.78, 5) is 56.4. The van der Waals surface area contributed by atoms with Gasteiger partial charge in [-0.15, -0.1) is 0 Å². The number of fused-ring (bicyclic) bond motifs is 2. The lowest BCUT2D eigenvalue weighted by atomic mass is 9.89. The predicted molar refractivity (Wildman–Crippen MR) is 255 cm³/mol. The Bertz CT molecular complexity index is 3200. The van der Waals surface area contributed by atoms with Crippen molar-refractivity contribution in [3.63, 3.8) is 0 Å². The van der Waals surface area contributed by atoms with Crippen LogP contribution in [0.4, 0.5) is 9.18 Å². The largest absolute Gasteiger partial charge is 0.477 e. The van der Waals surface area contributed by atoms with Crippen molar-refractivity contribution in [2.45, 2.75) is 66.7 Å². The number of Topliss-reactive ketones (excluding diaryl/α,β-unsaturated/α-hetero) is 1. The van der Waals surface area contributed by atoms with Gasteiger partial charge in [-0.3, -0.25) is 24.1 Å². The van der Waals surface area contributed by atoms with Gasteiger partial charge in [-0.05, 0) is 154 Å². The standard InChI is InChI=1S/C31H34FN5O3.C21H18N4O2/c1-18-13-25-29(19(2)28(18)20-7-10-33-11-8-20)22(26-9-12-34-36(26)6)15-24(35-25)27(38)14-21-16-37(17-23(21)32)30(39)40-31(3,4)5;1-12-10-16-20(13(2)19(12)14-4-7-22-8-5-14)15(11-17(24-16)21(26)27)18-6-9-23-25(18)3/h7-13,15,21,23H,14,16-17H2,1-6H3;4-11H,1-3H3,(H,26,27)/t21-,23+;/m1./s1. The fourth-order valence-electron chi connectivity index (χ4n) is 9.22. The molecule has 9 rings (SSSR count). The molecule has 67 heavy (non-hydrogen) atoms. The number of alkyl halides is 1. The summed E-state index contributed by atoms with van der Waals surface area (Å²) in [7, 11) is 3.70. The SMILES string of the molecule is Cc1cc2nc(C(=O)C[C@@H]3CN(C(=O)OC(C)(C)C)C[C@@H]3F)cc(-c3ccnn3C)c2c(C)c1-c1ccncc1.Cc1cc2nc(C(=O)O)cc(-c3ccnn3C)c2c(C)c1-c1ccncc1. The highest BCUT2D eigenvalue weighted by Crippen LogP contribution is 2.40. The summed E-state index contributed by atoms with van der Waals surface area (Å²) >= 11 is 0. The average Bonchev–Trinajstić information content (AvgIpc) is 4.02. The number of amides is 1. The molecule has 1 amide bonds. The molecule has 8 aromatic rings. The minimum atomic E-state index is -1.32. The van der Waals surface area contributed by atoms with Crippen LogP contribution >= 0.6 is 0 Å². The monoisotopic (exact) mass is 901 g/mol. The first-order valence-electron chi connectivity index (χ1n) is 22.0. The van der Waals surface area contributed by atoms with Crippen molar-refractivity contribution in [2.75, 3.05) is 13.1 Å². The van der Waals surface area contributed by atoms with Gasteiger partial charge in [0.25, 0.3) is 0 Å². The van der Waals surface area contributed by atoms with Crippen molar-refractivity contribution >= 4 is 39.7 Å². The first-order valence-corrected chi connectivity index (χ1v) is 22.0. The Morgan fingerprint density at radius 2 is 1.15 bits per heavy atom. The molecular formula is C52H52FN9O5. The Labute approximate surface area is 387 Å². The second-order valence-electron chi connectivity index (χ2n) is 18.0. The van der Waals surface area contributed by atoms with E-state index in [0.717, 1.165) is 77.8 Å². The lowest BCUT2D eigenvalue weighted by Crippen LogP contribution is -2.35. The molecule has 7 heterocycles. The van der Waals surface area contributed by atoms with Gasteiger partial charge in [-0.1, -0.05) is 0 Å². The summed E-state index contributed by atoms with van der Waals surface area (Å²) in [6.45, 7) is 13.5. The van der Waals surface area contributed by atoms with E-state index in [1.165, 1.54) is 4.90 Å². The zero-order chi connectivity index (χ0) is 47.9. The number of carboxylic acid groups (broad SMARTS) is 1. The number of benzene rings is 2. The number of hydrogen-bond acceptors (Lipinski definition) is 10. The maximum absolute atomic E-state index is 15.0. The highest BCUT2D eigenvalue weighted by atomic mass is 19.1. The van der Waals surface area contributed by atoms with Crippen molar-refractivity contribution in [3.8, 4) is 44.8 Å². The molecule has 0 saturated carbocycles. The van der Waals surface area contributed by atoms with Gasteiger partial charge >= 0.3 is 12.1 Å². The molecule has 342 valence electrons. The first kappa shape index (κ1) is 45.9. The van der Waals surface area contributed by atoms with Gasteiger partial charge in [0.05, 0.1) is 29.0 Å². The average molecular weight is 902 g/mol. The summed E-state index contributed by atoms with van der Waals surface area (Å²) in [6, 6.07) is 19.0. The smallest absolute Gasteiger partial charge is 0.410 e. The molecule has 15 heteroatoms. The van der Waals surface area contributed by atoms with Crippen molar-refractivity contribution in [3.05, 3.63) is 131 Å².